The molecule has 0 spiro atoms. The third-order valence-electron chi connectivity index (χ3n) is 6.89. The number of carbonyl (C=O) groups excluding carboxylic acids is 1. The van der Waals surface area contributed by atoms with E-state index in [4.69, 9.17) is 15.2 Å². The zero-order valence-corrected chi connectivity index (χ0v) is 21.6. The molecule has 2 aromatic rings. The fourth-order valence-corrected chi connectivity index (χ4v) is 4.83. The van der Waals surface area contributed by atoms with Gasteiger partial charge in [0.05, 0.1) is 12.9 Å². The highest BCUT2D eigenvalue weighted by molar-refractivity contribution is 5.71. The van der Waals surface area contributed by atoms with E-state index in [0.29, 0.717) is 12.8 Å². The Balaban J connectivity index is 1.31. The predicted molar refractivity (Wildman–Crippen MR) is 138 cm³/mol. The third kappa shape index (κ3) is 8.30. The summed E-state index contributed by atoms with van der Waals surface area (Å²) in [5.41, 5.74) is 5.66. The molecule has 0 unspecified atom stereocenters. The first kappa shape index (κ1) is 28.1. The maximum absolute atomic E-state index is 12.4. The van der Waals surface area contributed by atoms with E-state index in [1.54, 1.807) is 4.57 Å². The molecule has 3 atom stereocenters. The van der Waals surface area contributed by atoms with Crippen molar-refractivity contribution in [3.63, 3.8) is 0 Å². The highest BCUT2D eigenvalue weighted by atomic mass is 16.6. The molecule has 202 valence electrons. The summed E-state index contributed by atoms with van der Waals surface area (Å²) in [5, 5.41) is 9.73. The lowest BCUT2D eigenvalue weighted by Crippen LogP contribution is -2.30. The van der Waals surface area contributed by atoms with Crippen LogP contribution in [0.2, 0.25) is 0 Å². The van der Waals surface area contributed by atoms with E-state index in [9.17, 15) is 14.7 Å². The number of nitrogens with one attached hydrogen (secondary N) is 1. The van der Waals surface area contributed by atoms with Crippen molar-refractivity contribution in [3.05, 3.63) is 16.7 Å². The van der Waals surface area contributed by atoms with Crippen molar-refractivity contribution in [1.29, 1.82) is 0 Å². The topological polar surface area (TPSA) is 145 Å². The number of ether oxygens (including phenoxy) is 2. The van der Waals surface area contributed by atoms with Crippen LogP contribution in [-0.4, -0.2) is 49.4 Å². The molecule has 2 aromatic heterocycles. The zero-order valence-electron chi connectivity index (χ0n) is 21.6. The van der Waals surface area contributed by atoms with Crippen molar-refractivity contribution < 1.29 is 19.4 Å². The largest absolute Gasteiger partial charge is 0.459 e. The van der Waals surface area contributed by atoms with Crippen LogP contribution in [0.4, 0.5) is 5.95 Å². The van der Waals surface area contributed by atoms with Crippen LogP contribution in [0, 0.1) is 0 Å². The molecule has 0 saturated carbocycles. The molecule has 10 heteroatoms. The maximum Gasteiger partial charge on any atom is 0.306 e. The number of rotatable bonds is 17. The van der Waals surface area contributed by atoms with Gasteiger partial charge in [-0.1, -0.05) is 84.0 Å². The van der Waals surface area contributed by atoms with E-state index < -0.39 is 24.0 Å². The Morgan fingerprint density at radius 3 is 2.33 bits per heavy atom. The molecule has 0 radical (unpaired) electrons. The van der Waals surface area contributed by atoms with Crippen LogP contribution < -0.4 is 11.3 Å². The Hall–Kier alpha value is -2.46. The van der Waals surface area contributed by atoms with Gasteiger partial charge < -0.3 is 20.3 Å². The summed E-state index contributed by atoms with van der Waals surface area (Å²) >= 11 is 0. The number of aromatic nitrogens is 4. The number of nitrogens with two attached hydrogens (primary N) is 1. The van der Waals surface area contributed by atoms with Gasteiger partial charge in [-0.25, -0.2) is 4.98 Å². The van der Waals surface area contributed by atoms with E-state index in [0.717, 1.165) is 19.3 Å². The Morgan fingerprint density at radius 1 is 1.11 bits per heavy atom. The lowest BCUT2D eigenvalue weighted by molar-refractivity contribution is -0.153. The fourth-order valence-electron chi connectivity index (χ4n) is 4.83. The summed E-state index contributed by atoms with van der Waals surface area (Å²) < 4.78 is 13.1. The van der Waals surface area contributed by atoms with Crippen molar-refractivity contribution in [2.24, 2.45) is 0 Å². The molecule has 0 bridgehead atoms. The van der Waals surface area contributed by atoms with Crippen molar-refractivity contribution >= 4 is 23.1 Å². The monoisotopic (exact) mass is 505 g/mol. The lowest BCUT2D eigenvalue weighted by atomic mass is 10.0. The van der Waals surface area contributed by atoms with Crippen LogP contribution >= 0.6 is 0 Å². The highest BCUT2D eigenvalue weighted by Gasteiger charge is 2.39. The fraction of sp³-hybridized carbons (Fsp3) is 0.769. The van der Waals surface area contributed by atoms with E-state index in [1.165, 1.54) is 70.5 Å². The van der Waals surface area contributed by atoms with Crippen LogP contribution in [0.15, 0.2) is 11.1 Å². The van der Waals surface area contributed by atoms with Gasteiger partial charge in [-0.3, -0.25) is 19.1 Å². The molecule has 4 N–H and O–H groups in total. The second kappa shape index (κ2) is 14.9. The summed E-state index contributed by atoms with van der Waals surface area (Å²) in [4.78, 5) is 35.1. The number of carbonyl (C=O) groups is 1. The molecule has 1 fully saturated rings. The second-order valence-electron chi connectivity index (χ2n) is 9.84. The average molecular weight is 506 g/mol. The number of nitrogen functional groups attached to an aromatic ring is 1. The minimum absolute atomic E-state index is 0.0215. The molecule has 1 aliphatic rings. The molecule has 1 saturated heterocycles. The number of esters is 1. The quantitative estimate of drug-likeness (QED) is 0.212. The average Bonchev–Trinajstić information content (AvgIpc) is 3.45. The Labute approximate surface area is 213 Å². The number of imidazole rings is 1. The van der Waals surface area contributed by atoms with Gasteiger partial charge in [0.2, 0.25) is 5.95 Å². The first-order valence-corrected chi connectivity index (χ1v) is 13.7. The number of anilines is 1. The number of aliphatic hydroxyl groups is 1. The van der Waals surface area contributed by atoms with Crippen molar-refractivity contribution in [2.45, 2.75) is 122 Å². The van der Waals surface area contributed by atoms with Crippen molar-refractivity contribution in [1.82, 2.24) is 19.5 Å². The summed E-state index contributed by atoms with van der Waals surface area (Å²) in [6.45, 7) is 1.97. The standard InChI is InChI=1S/C26H43N5O5/c1-2-3-4-5-6-7-8-9-10-11-12-13-14-15-22(33)36-19-16-21(35-20(19)17-32)31-18-28-23-24(31)29-26(27)30-25(23)34/h18-21,32H,2-17H2,1H3,(H3,27,29,30,34)/t19-,20+,21+/m0/s1. The van der Waals surface area contributed by atoms with Crippen LogP contribution in [0.3, 0.4) is 0 Å². The number of H-pyrrole nitrogens is 1. The summed E-state index contributed by atoms with van der Waals surface area (Å²) in [6.07, 6.45) is 16.6. The Bertz CT molecular complexity index is 991. The molecule has 0 aliphatic carbocycles. The maximum atomic E-state index is 12.4. The number of aliphatic hydroxyl groups excluding tert-OH is 1. The molecular weight excluding hydrogens is 462 g/mol. The van der Waals surface area contributed by atoms with E-state index in [2.05, 4.69) is 21.9 Å². The first-order valence-electron chi connectivity index (χ1n) is 13.7. The van der Waals surface area contributed by atoms with Gasteiger partial charge >= 0.3 is 5.97 Å². The third-order valence-corrected chi connectivity index (χ3v) is 6.89. The highest BCUT2D eigenvalue weighted by Crippen LogP contribution is 2.32. The summed E-state index contributed by atoms with van der Waals surface area (Å²) in [5.74, 6) is -0.299. The van der Waals surface area contributed by atoms with Gasteiger partial charge in [-0.05, 0) is 6.42 Å². The minimum atomic E-state index is -0.651. The van der Waals surface area contributed by atoms with E-state index in [1.807, 2.05) is 0 Å². The Kier molecular flexibility index (Phi) is 11.7. The first-order chi connectivity index (χ1) is 17.5. The molecule has 0 aromatic carbocycles. The van der Waals surface area contributed by atoms with Crippen LogP contribution in [0.5, 0.6) is 0 Å². The number of hydrogen-bond donors (Lipinski definition) is 3. The molecule has 0 amide bonds. The number of nitrogens with zero attached hydrogens (tertiary/aromatic N) is 3. The van der Waals surface area contributed by atoms with Gasteiger partial charge in [0, 0.05) is 12.8 Å². The van der Waals surface area contributed by atoms with Crippen molar-refractivity contribution in [2.75, 3.05) is 12.3 Å². The van der Waals surface area contributed by atoms with Gasteiger partial charge in [-0.15, -0.1) is 0 Å². The SMILES string of the molecule is CCCCCCCCCCCCCCCC(=O)O[C@H]1C[C@H](n2cnc3c(=O)[nH]c(N)nc32)O[C@@H]1CO. The van der Waals surface area contributed by atoms with Gasteiger partial charge in [0.25, 0.3) is 5.56 Å². The van der Waals surface area contributed by atoms with Gasteiger partial charge in [0.15, 0.2) is 11.2 Å². The van der Waals surface area contributed by atoms with Crippen LogP contribution in [-0.2, 0) is 14.3 Å². The molecule has 1 aliphatic heterocycles. The smallest absolute Gasteiger partial charge is 0.306 e. The normalized spacial score (nSPS) is 19.8. The minimum Gasteiger partial charge on any atom is -0.459 e. The Morgan fingerprint density at radius 2 is 1.72 bits per heavy atom. The molecule has 36 heavy (non-hydrogen) atoms. The van der Waals surface area contributed by atoms with E-state index in [-0.39, 0.29) is 29.7 Å². The van der Waals surface area contributed by atoms with Crippen molar-refractivity contribution in [3.8, 4) is 0 Å². The number of aromatic amines is 1. The van der Waals surface area contributed by atoms with Gasteiger partial charge in [-0.2, -0.15) is 4.98 Å². The molecule has 10 nitrogen and oxygen atoms in total. The number of fused-ring (bicyclic) bond motifs is 1. The van der Waals surface area contributed by atoms with Gasteiger partial charge in [0.1, 0.15) is 18.4 Å². The lowest BCUT2D eigenvalue weighted by Gasteiger charge is -2.16. The number of unbranched alkanes of at least 4 members (excludes halogenated alkanes) is 12. The summed E-state index contributed by atoms with van der Waals surface area (Å²) in [6, 6.07) is 0. The molecule has 3 heterocycles. The van der Waals surface area contributed by atoms with Crippen LogP contribution in [0.25, 0.3) is 11.2 Å². The second-order valence-corrected chi connectivity index (χ2v) is 9.84. The number of hydrogen-bond acceptors (Lipinski definition) is 8. The summed E-state index contributed by atoms with van der Waals surface area (Å²) in [7, 11) is 0. The van der Waals surface area contributed by atoms with Crippen LogP contribution in [0.1, 0.15) is 109 Å². The van der Waals surface area contributed by atoms with E-state index >= 15 is 0 Å². The molecular formula is C26H43N5O5. The molecule has 3 rings (SSSR count). The zero-order chi connectivity index (χ0) is 25.8. The predicted octanol–water partition coefficient (Wildman–Crippen LogP) is 4.37.